The van der Waals surface area contributed by atoms with Crippen molar-refractivity contribution in [3.8, 4) is 0 Å². The number of rotatable bonds is 3. The molecule has 128 valence electrons. The van der Waals surface area contributed by atoms with Gasteiger partial charge in [0.15, 0.2) is 0 Å². The monoisotopic (exact) mass is 393 g/mol. The molecule has 0 N–H and O–H groups in total. The highest BCUT2D eigenvalue weighted by molar-refractivity contribution is 9.10. The molecule has 3 rings (SSSR count). The van der Waals surface area contributed by atoms with E-state index in [0.717, 1.165) is 22.1 Å². The van der Waals surface area contributed by atoms with Crippen LogP contribution >= 0.6 is 15.9 Å². The number of benzene rings is 1. The quantitative estimate of drug-likeness (QED) is 0.729. The fourth-order valence-electron chi connectivity index (χ4n) is 3.33. The third kappa shape index (κ3) is 3.31. The molecule has 7 heteroatoms. The van der Waals surface area contributed by atoms with Crippen LogP contribution in [0.25, 0.3) is 0 Å². The maximum absolute atomic E-state index is 12.7. The summed E-state index contributed by atoms with van der Waals surface area (Å²) >= 11 is 3.42. The summed E-state index contributed by atoms with van der Waals surface area (Å²) in [6, 6.07) is 5.78. The van der Waals surface area contributed by atoms with Gasteiger partial charge < -0.3 is 14.7 Å². The molecule has 2 aliphatic rings. The van der Waals surface area contributed by atoms with Crippen LogP contribution in [0.5, 0.6) is 0 Å². The predicted octanol–water partition coefficient (Wildman–Crippen LogP) is 1.41. The maximum atomic E-state index is 12.7. The summed E-state index contributed by atoms with van der Waals surface area (Å²) in [5, 5.41) is 0. The van der Waals surface area contributed by atoms with E-state index in [9.17, 15) is 14.4 Å². The van der Waals surface area contributed by atoms with Crippen molar-refractivity contribution in [2.75, 3.05) is 37.6 Å². The predicted molar refractivity (Wildman–Crippen MR) is 93.6 cm³/mol. The van der Waals surface area contributed by atoms with E-state index in [1.165, 1.54) is 0 Å². The Balaban J connectivity index is 1.68. The third-order valence-corrected chi connectivity index (χ3v) is 5.19. The summed E-state index contributed by atoms with van der Waals surface area (Å²) in [7, 11) is 0. The number of anilines is 1. The van der Waals surface area contributed by atoms with E-state index in [1.54, 1.807) is 14.7 Å². The van der Waals surface area contributed by atoms with Crippen molar-refractivity contribution in [2.45, 2.75) is 13.3 Å². The lowest BCUT2D eigenvalue weighted by atomic mass is 10.1. The Kier molecular flexibility index (Phi) is 4.89. The van der Waals surface area contributed by atoms with E-state index in [4.69, 9.17) is 0 Å². The summed E-state index contributed by atoms with van der Waals surface area (Å²) in [5.41, 5.74) is 1.87. The Bertz CT molecular complexity index is 671. The molecule has 3 amide bonds. The highest BCUT2D eigenvalue weighted by Gasteiger charge is 2.38. The van der Waals surface area contributed by atoms with E-state index in [1.807, 2.05) is 25.1 Å². The molecule has 2 heterocycles. The fraction of sp³-hybridized carbons (Fsp3) is 0.471. The van der Waals surface area contributed by atoms with Crippen LogP contribution in [0, 0.1) is 12.8 Å². The molecule has 0 radical (unpaired) electrons. The van der Waals surface area contributed by atoms with Gasteiger partial charge in [-0.1, -0.05) is 15.9 Å². The van der Waals surface area contributed by atoms with Crippen LogP contribution in [0.1, 0.15) is 12.0 Å². The first-order chi connectivity index (χ1) is 11.5. The van der Waals surface area contributed by atoms with Gasteiger partial charge in [0.1, 0.15) is 0 Å². The summed E-state index contributed by atoms with van der Waals surface area (Å²) in [5.74, 6) is -0.292. The Hall–Kier alpha value is -1.89. The minimum atomic E-state index is -0.302. The maximum Gasteiger partial charge on any atom is 0.228 e. The summed E-state index contributed by atoms with van der Waals surface area (Å²) < 4.78 is 0.969. The van der Waals surface area contributed by atoms with E-state index in [-0.39, 0.29) is 24.2 Å². The molecule has 2 saturated heterocycles. The van der Waals surface area contributed by atoms with Crippen LogP contribution in [0.4, 0.5) is 5.69 Å². The molecule has 0 spiro atoms. The van der Waals surface area contributed by atoms with Crippen molar-refractivity contribution in [1.82, 2.24) is 9.80 Å². The van der Waals surface area contributed by atoms with E-state index < -0.39 is 0 Å². The number of halogens is 1. The van der Waals surface area contributed by atoms with Gasteiger partial charge in [-0.3, -0.25) is 14.4 Å². The van der Waals surface area contributed by atoms with Gasteiger partial charge in [0, 0.05) is 49.3 Å². The van der Waals surface area contributed by atoms with Crippen LogP contribution < -0.4 is 4.90 Å². The molecule has 2 aliphatic heterocycles. The first-order valence-electron chi connectivity index (χ1n) is 8.04. The topological polar surface area (TPSA) is 60.9 Å². The van der Waals surface area contributed by atoms with Gasteiger partial charge >= 0.3 is 0 Å². The molecule has 1 aromatic rings. The Morgan fingerprint density at radius 1 is 1.25 bits per heavy atom. The van der Waals surface area contributed by atoms with Gasteiger partial charge in [0.2, 0.25) is 18.2 Å². The molecular weight excluding hydrogens is 374 g/mol. The van der Waals surface area contributed by atoms with Gasteiger partial charge in [-0.2, -0.15) is 0 Å². The van der Waals surface area contributed by atoms with Gasteiger partial charge in [0.25, 0.3) is 0 Å². The molecule has 0 aliphatic carbocycles. The van der Waals surface area contributed by atoms with Gasteiger partial charge in [-0.05, 0) is 30.7 Å². The van der Waals surface area contributed by atoms with Crippen LogP contribution in [-0.2, 0) is 14.4 Å². The van der Waals surface area contributed by atoms with Gasteiger partial charge in [0.05, 0.1) is 5.92 Å². The average Bonchev–Trinajstić information content (AvgIpc) is 2.96. The number of carbonyl (C=O) groups is 3. The Labute approximate surface area is 149 Å². The molecule has 0 aromatic heterocycles. The molecule has 1 atom stereocenters. The zero-order chi connectivity index (χ0) is 17.3. The number of hydrogen-bond acceptors (Lipinski definition) is 3. The number of carbonyl (C=O) groups excluding carboxylic acids is 3. The standard InChI is InChI=1S/C17H20BrN3O3/c1-12-8-14(18)2-3-15(12)21-10-13(9-16(21)23)17(24)20-6-4-19(11-22)5-7-20/h2-3,8,11,13H,4-7,9-10H2,1H3. The zero-order valence-electron chi connectivity index (χ0n) is 13.6. The summed E-state index contributed by atoms with van der Waals surface area (Å²) in [6.45, 7) is 4.59. The van der Waals surface area contributed by atoms with E-state index in [2.05, 4.69) is 15.9 Å². The SMILES string of the molecule is Cc1cc(Br)ccc1N1CC(C(=O)N2CCN(C=O)CC2)CC1=O. The number of nitrogens with zero attached hydrogens (tertiary/aromatic N) is 3. The lowest BCUT2D eigenvalue weighted by molar-refractivity contribution is -0.139. The van der Waals surface area contributed by atoms with E-state index in [0.29, 0.717) is 32.7 Å². The molecule has 1 unspecified atom stereocenters. The number of piperazine rings is 1. The molecule has 2 fully saturated rings. The van der Waals surface area contributed by atoms with Gasteiger partial charge in [-0.25, -0.2) is 0 Å². The van der Waals surface area contributed by atoms with Crippen molar-refractivity contribution in [3.05, 3.63) is 28.2 Å². The van der Waals surface area contributed by atoms with Crippen molar-refractivity contribution < 1.29 is 14.4 Å². The minimum absolute atomic E-state index is 0.00898. The molecule has 0 bridgehead atoms. The lowest BCUT2D eigenvalue weighted by Crippen LogP contribution is -2.50. The van der Waals surface area contributed by atoms with Crippen LogP contribution in [-0.4, -0.2) is 60.7 Å². The molecule has 24 heavy (non-hydrogen) atoms. The highest BCUT2D eigenvalue weighted by atomic mass is 79.9. The van der Waals surface area contributed by atoms with Crippen LogP contribution in [0.2, 0.25) is 0 Å². The summed E-state index contributed by atoms with van der Waals surface area (Å²) in [6.07, 6.45) is 1.07. The van der Waals surface area contributed by atoms with E-state index >= 15 is 0 Å². The number of amides is 3. The smallest absolute Gasteiger partial charge is 0.228 e. The average molecular weight is 394 g/mol. The number of aryl methyl sites for hydroxylation is 1. The fourth-order valence-corrected chi connectivity index (χ4v) is 3.81. The second-order valence-corrected chi connectivity index (χ2v) is 7.22. The van der Waals surface area contributed by atoms with Crippen molar-refractivity contribution in [1.29, 1.82) is 0 Å². The first kappa shape index (κ1) is 17.0. The molecule has 1 aromatic carbocycles. The Morgan fingerprint density at radius 3 is 2.58 bits per heavy atom. The largest absolute Gasteiger partial charge is 0.342 e. The second-order valence-electron chi connectivity index (χ2n) is 6.30. The second kappa shape index (κ2) is 6.93. The highest BCUT2D eigenvalue weighted by Crippen LogP contribution is 2.30. The van der Waals surface area contributed by atoms with Crippen LogP contribution in [0.3, 0.4) is 0 Å². The van der Waals surface area contributed by atoms with Crippen molar-refractivity contribution >= 4 is 39.8 Å². The number of hydrogen-bond donors (Lipinski definition) is 0. The van der Waals surface area contributed by atoms with Crippen molar-refractivity contribution in [2.24, 2.45) is 5.92 Å². The Morgan fingerprint density at radius 2 is 1.96 bits per heavy atom. The summed E-state index contributed by atoms with van der Waals surface area (Å²) in [4.78, 5) is 41.0. The van der Waals surface area contributed by atoms with Gasteiger partial charge in [-0.15, -0.1) is 0 Å². The molecule has 6 nitrogen and oxygen atoms in total. The zero-order valence-corrected chi connectivity index (χ0v) is 15.2. The van der Waals surface area contributed by atoms with Crippen molar-refractivity contribution in [3.63, 3.8) is 0 Å². The molecular formula is C17H20BrN3O3. The van der Waals surface area contributed by atoms with Crippen LogP contribution in [0.15, 0.2) is 22.7 Å². The lowest BCUT2D eigenvalue weighted by Gasteiger charge is -2.34. The first-order valence-corrected chi connectivity index (χ1v) is 8.83. The minimum Gasteiger partial charge on any atom is -0.342 e. The third-order valence-electron chi connectivity index (χ3n) is 4.70. The molecule has 0 saturated carbocycles. The normalized spacial score (nSPS) is 21.3.